The molecule has 2 aliphatic heterocycles. The molecule has 0 saturated carbocycles. The fourth-order valence-electron chi connectivity index (χ4n) is 4.21. The van der Waals surface area contributed by atoms with Gasteiger partial charge in [-0.05, 0) is 37.0 Å². The number of imidazole rings is 1. The number of aryl methyl sites for hydroxylation is 1. The second-order valence-electron chi connectivity index (χ2n) is 7.64. The highest BCUT2D eigenvalue weighted by Gasteiger charge is 2.27. The van der Waals surface area contributed by atoms with Crippen molar-refractivity contribution in [3.63, 3.8) is 0 Å². The SMILES string of the molecule is Cn1ccnc1C1CNCCN1Cc1cccc(C(=O)N2CCCCC2)c1. The van der Waals surface area contributed by atoms with E-state index in [1.54, 1.807) is 0 Å². The number of carbonyl (C=O) groups excluding carboxylic acids is 1. The van der Waals surface area contributed by atoms with Gasteiger partial charge in [-0.15, -0.1) is 0 Å². The number of benzene rings is 1. The van der Waals surface area contributed by atoms with Crippen molar-refractivity contribution in [1.82, 2.24) is 24.7 Å². The van der Waals surface area contributed by atoms with E-state index in [1.807, 2.05) is 36.5 Å². The van der Waals surface area contributed by atoms with Gasteiger partial charge in [0.2, 0.25) is 0 Å². The van der Waals surface area contributed by atoms with Gasteiger partial charge in [-0.3, -0.25) is 9.69 Å². The first-order chi connectivity index (χ1) is 13.2. The maximum absolute atomic E-state index is 12.8. The van der Waals surface area contributed by atoms with Crippen LogP contribution in [-0.4, -0.2) is 58.0 Å². The lowest BCUT2D eigenvalue weighted by atomic mass is 10.1. The molecule has 0 bridgehead atoms. The standard InChI is InChI=1S/C21H29N5O/c1-24-12-9-23-20(24)19-15-22-8-13-26(19)16-17-6-5-7-18(14-17)21(27)25-10-3-2-4-11-25/h5-7,9,12,14,19,22H,2-4,8,10-11,13,15-16H2,1H3. The fraction of sp³-hybridized carbons (Fsp3) is 0.524. The summed E-state index contributed by atoms with van der Waals surface area (Å²) in [5.74, 6) is 1.26. The summed E-state index contributed by atoms with van der Waals surface area (Å²) in [5, 5.41) is 3.48. The molecular formula is C21H29N5O. The van der Waals surface area contributed by atoms with Crippen molar-refractivity contribution in [2.24, 2.45) is 7.05 Å². The summed E-state index contributed by atoms with van der Waals surface area (Å²) in [7, 11) is 2.05. The van der Waals surface area contributed by atoms with Crippen molar-refractivity contribution in [2.45, 2.75) is 31.8 Å². The third-order valence-electron chi connectivity index (χ3n) is 5.71. The fourth-order valence-corrected chi connectivity index (χ4v) is 4.21. The van der Waals surface area contributed by atoms with Crippen molar-refractivity contribution in [2.75, 3.05) is 32.7 Å². The number of likely N-dealkylation sites (tertiary alicyclic amines) is 1. The van der Waals surface area contributed by atoms with Crippen LogP contribution in [0.15, 0.2) is 36.7 Å². The van der Waals surface area contributed by atoms with Gasteiger partial charge in [0.1, 0.15) is 5.82 Å². The summed E-state index contributed by atoms with van der Waals surface area (Å²) in [4.78, 5) is 21.9. The lowest BCUT2D eigenvalue weighted by molar-refractivity contribution is 0.0724. The van der Waals surface area contributed by atoms with Crippen LogP contribution in [0, 0.1) is 0 Å². The van der Waals surface area contributed by atoms with Crippen molar-refractivity contribution in [3.8, 4) is 0 Å². The number of carbonyl (C=O) groups is 1. The van der Waals surface area contributed by atoms with E-state index >= 15 is 0 Å². The van der Waals surface area contributed by atoms with E-state index in [2.05, 4.69) is 31.9 Å². The van der Waals surface area contributed by atoms with E-state index in [9.17, 15) is 4.79 Å². The van der Waals surface area contributed by atoms with Gasteiger partial charge in [-0.1, -0.05) is 12.1 Å². The summed E-state index contributed by atoms with van der Waals surface area (Å²) in [5.41, 5.74) is 2.01. The van der Waals surface area contributed by atoms with Crippen LogP contribution in [0.2, 0.25) is 0 Å². The predicted octanol–water partition coefficient (Wildman–Crippen LogP) is 2.19. The second kappa shape index (κ2) is 8.23. The minimum atomic E-state index is 0.178. The van der Waals surface area contributed by atoms with Crippen molar-refractivity contribution >= 4 is 5.91 Å². The smallest absolute Gasteiger partial charge is 0.253 e. The number of hydrogen-bond acceptors (Lipinski definition) is 4. The van der Waals surface area contributed by atoms with Gasteiger partial charge in [0.05, 0.1) is 6.04 Å². The Balaban J connectivity index is 1.50. The number of nitrogens with zero attached hydrogens (tertiary/aromatic N) is 4. The molecule has 144 valence electrons. The Kier molecular flexibility index (Phi) is 5.55. The molecule has 1 N–H and O–H groups in total. The second-order valence-corrected chi connectivity index (χ2v) is 7.64. The van der Waals surface area contributed by atoms with Crippen LogP contribution in [0.4, 0.5) is 0 Å². The average Bonchev–Trinajstić information content (AvgIpc) is 3.14. The molecule has 0 radical (unpaired) electrons. The zero-order chi connectivity index (χ0) is 18.6. The van der Waals surface area contributed by atoms with Gasteiger partial charge in [0.25, 0.3) is 5.91 Å². The Bertz CT molecular complexity index is 780. The van der Waals surface area contributed by atoms with Crippen molar-refractivity contribution < 1.29 is 4.79 Å². The maximum Gasteiger partial charge on any atom is 0.253 e. The molecule has 2 saturated heterocycles. The first kappa shape index (κ1) is 18.2. The van der Waals surface area contributed by atoms with Gasteiger partial charge in [0.15, 0.2) is 0 Å². The molecule has 2 fully saturated rings. The number of hydrogen-bond donors (Lipinski definition) is 1. The summed E-state index contributed by atoms with van der Waals surface area (Å²) in [6, 6.07) is 8.43. The van der Waals surface area contributed by atoms with Crippen LogP contribution in [0.25, 0.3) is 0 Å². The molecule has 6 nitrogen and oxygen atoms in total. The maximum atomic E-state index is 12.8. The van der Waals surface area contributed by atoms with E-state index in [4.69, 9.17) is 0 Å². The third kappa shape index (κ3) is 4.06. The molecule has 1 amide bonds. The van der Waals surface area contributed by atoms with Gasteiger partial charge in [-0.25, -0.2) is 4.98 Å². The van der Waals surface area contributed by atoms with Gasteiger partial charge >= 0.3 is 0 Å². The highest BCUT2D eigenvalue weighted by Crippen LogP contribution is 2.23. The average molecular weight is 367 g/mol. The van der Waals surface area contributed by atoms with E-state index in [0.29, 0.717) is 0 Å². The van der Waals surface area contributed by atoms with E-state index in [0.717, 1.165) is 63.5 Å². The van der Waals surface area contributed by atoms with Crippen LogP contribution in [0.1, 0.15) is 47.1 Å². The van der Waals surface area contributed by atoms with Crippen LogP contribution in [0.5, 0.6) is 0 Å². The van der Waals surface area contributed by atoms with Crippen molar-refractivity contribution in [1.29, 1.82) is 0 Å². The molecule has 3 heterocycles. The summed E-state index contributed by atoms with van der Waals surface area (Å²) >= 11 is 0. The molecule has 2 aliphatic rings. The Hall–Kier alpha value is -2.18. The van der Waals surface area contributed by atoms with E-state index in [-0.39, 0.29) is 11.9 Å². The normalized spacial score (nSPS) is 21.4. The van der Waals surface area contributed by atoms with Crippen LogP contribution < -0.4 is 5.32 Å². The number of nitrogens with one attached hydrogen (secondary N) is 1. The lowest BCUT2D eigenvalue weighted by Crippen LogP contribution is -2.46. The Morgan fingerprint density at radius 2 is 2.07 bits per heavy atom. The Morgan fingerprint density at radius 1 is 1.22 bits per heavy atom. The minimum Gasteiger partial charge on any atom is -0.339 e. The lowest BCUT2D eigenvalue weighted by Gasteiger charge is -2.35. The largest absolute Gasteiger partial charge is 0.339 e. The molecule has 27 heavy (non-hydrogen) atoms. The molecule has 1 unspecified atom stereocenters. The van der Waals surface area contributed by atoms with Gasteiger partial charge in [0, 0.05) is 64.3 Å². The number of rotatable bonds is 4. The van der Waals surface area contributed by atoms with E-state index in [1.165, 1.54) is 12.0 Å². The summed E-state index contributed by atoms with van der Waals surface area (Å²) < 4.78 is 2.10. The molecule has 6 heteroatoms. The molecule has 0 aliphatic carbocycles. The highest BCUT2D eigenvalue weighted by atomic mass is 16.2. The molecular weight excluding hydrogens is 338 g/mol. The first-order valence-corrected chi connectivity index (χ1v) is 10.0. The highest BCUT2D eigenvalue weighted by molar-refractivity contribution is 5.94. The predicted molar refractivity (Wildman–Crippen MR) is 105 cm³/mol. The molecule has 0 spiro atoms. The van der Waals surface area contributed by atoms with Crippen molar-refractivity contribution in [3.05, 3.63) is 53.6 Å². The van der Waals surface area contributed by atoms with Crippen LogP contribution >= 0.6 is 0 Å². The molecule has 1 aromatic heterocycles. The monoisotopic (exact) mass is 367 g/mol. The number of piperazine rings is 1. The topological polar surface area (TPSA) is 53.4 Å². The zero-order valence-electron chi connectivity index (χ0n) is 16.1. The number of piperidine rings is 1. The van der Waals surface area contributed by atoms with Gasteiger partial charge in [-0.2, -0.15) is 0 Å². The molecule has 1 aromatic carbocycles. The summed E-state index contributed by atoms with van der Waals surface area (Å²) in [6.45, 7) is 5.47. The molecule has 2 aromatic rings. The zero-order valence-corrected chi connectivity index (χ0v) is 16.1. The Labute approximate surface area is 161 Å². The van der Waals surface area contributed by atoms with Crippen LogP contribution in [-0.2, 0) is 13.6 Å². The van der Waals surface area contributed by atoms with Gasteiger partial charge < -0.3 is 14.8 Å². The Morgan fingerprint density at radius 3 is 2.85 bits per heavy atom. The quantitative estimate of drug-likeness (QED) is 0.900. The number of aromatic nitrogens is 2. The minimum absolute atomic E-state index is 0.178. The van der Waals surface area contributed by atoms with Crippen LogP contribution in [0.3, 0.4) is 0 Å². The summed E-state index contributed by atoms with van der Waals surface area (Å²) in [6.07, 6.45) is 7.34. The molecule has 1 atom stereocenters. The third-order valence-corrected chi connectivity index (χ3v) is 5.71. The first-order valence-electron chi connectivity index (χ1n) is 10.0. The number of amides is 1. The molecule has 4 rings (SSSR count). The van der Waals surface area contributed by atoms with E-state index < -0.39 is 0 Å².